The molecule has 0 unspecified atom stereocenters. The van der Waals surface area contributed by atoms with Crippen LogP contribution in [-0.4, -0.2) is 4.98 Å². The van der Waals surface area contributed by atoms with Crippen molar-refractivity contribution in [1.29, 1.82) is 5.26 Å². The molecule has 3 nitrogen and oxygen atoms in total. The third-order valence-electron chi connectivity index (χ3n) is 1.62. The fraction of sp³-hybridized carbons (Fsp3) is 0.250. The summed E-state index contributed by atoms with van der Waals surface area (Å²) in [5.41, 5.74) is 5.09. The summed E-state index contributed by atoms with van der Waals surface area (Å²) < 4.78 is 24.9. The molecular weight excluding hydrogens is 256 g/mol. The van der Waals surface area contributed by atoms with Crippen LogP contribution in [0.25, 0.3) is 0 Å². The normalized spacial score (nSPS) is 10.2. The molecule has 1 aromatic rings. The smallest absolute Gasteiger partial charge is 0.265 e. The van der Waals surface area contributed by atoms with Crippen molar-refractivity contribution in [3.63, 3.8) is 0 Å². The zero-order valence-electron chi connectivity index (χ0n) is 6.97. The van der Waals surface area contributed by atoms with E-state index in [1.54, 1.807) is 6.07 Å². The topological polar surface area (TPSA) is 62.7 Å². The van der Waals surface area contributed by atoms with Crippen LogP contribution in [0.15, 0.2) is 6.07 Å². The molecule has 0 fully saturated rings. The molecule has 74 valence electrons. The second-order valence-corrected chi connectivity index (χ2v) is 3.06. The predicted octanol–water partition coefficient (Wildman–Crippen LogP) is 2.37. The van der Waals surface area contributed by atoms with Crippen LogP contribution >= 0.6 is 15.9 Å². The third-order valence-corrected chi connectivity index (χ3v) is 2.15. The van der Waals surface area contributed by atoms with E-state index in [0.717, 1.165) is 6.07 Å². The fourth-order valence-corrected chi connectivity index (χ4v) is 1.45. The molecule has 0 aliphatic heterocycles. The Balaban J connectivity index is 3.41. The van der Waals surface area contributed by atoms with Gasteiger partial charge in [0.25, 0.3) is 6.43 Å². The van der Waals surface area contributed by atoms with Gasteiger partial charge in [-0.15, -0.1) is 0 Å². The lowest BCUT2D eigenvalue weighted by atomic mass is 10.1. The number of rotatable bonds is 2. The summed E-state index contributed by atoms with van der Waals surface area (Å²) in [4.78, 5) is 3.78. The SMILES string of the molecule is N#Cc1c(C(F)F)cc(N)nc1CBr. The van der Waals surface area contributed by atoms with E-state index in [1.807, 2.05) is 0 Å². The Hall–Kier alpha value is -1.22. The molecule has 6 heteroatoms. The molecule has 1 heterocycles. The number of hydrogen-bond donors (Lipinski definition) is 1. The summed E-state index contributed by atoms with van der Waals surface area (Å²) in [5.74, 6) is -0.00579. The summed E-state index contributed by atoms with van der Waals surface area (Å²) >= 11 is 3.05. The zero-order valence-corrected chi connectivity index (χ0v) is 8.55. The number of pyridine rings is 1. The highest BCUT2D eigenvalue weighted by atomic mass is 79.9. The van der Waals surface area contributed by atoms with Gasteiger partial charge in [-0.1, -0.05) is 15.9 Å². The molecular formula is C8H6BrF2N3. The molecule has 0 aromatic carbocycles. The van der Waals surface area contributed by atoms with E-state index >= 15 is 0 Å². The molecule has 0 bridgehead atoms. The van der Waals surface area contributed by atoms with Gasteiger partial charge >= 0.3 is 0 Å². The molecule has 0 aliphatic rings. The Kier molecular flexibility index (Phi) is 3.36. The number of anilines is 1. The second kappa shape index (κ2) is 4.33. The molecule has 0 saturated heterocycles. The average Bonchev–Trinajstić information content (AvgIpc) is 2.16. The number of aromatic nitrogens is 1. The average molecular weight is 262 g/mol. The van der Waals surface area contributed by atoms with E-state index in [-0.39, 0.29) is 28.0 Å². The van der Waals surface area contributed by atoms with E-state index in [2.05, 4.69) is 20.9 Å². The summed E-state index contributed by atoms with van der Waals surface area (Å²) in [6.45, 7) is 0. The van der Waals surface area contributed by atoms with Crippen molar-refractivity contribution < 1.29 is 8.78 Å². The standard InChI is InChI=1S/C8H6BrF2N3/c9-2-6-5(3-12)4(8(10)11)1-7(13)14-6/h1,8H,2H2,(H2,13,14). The first kappa shape index (κ1) is 10.9. The Morgan fingerprint density at radius 1 is 1.64 bits per heavy atom. The molecule has 0 saturated carbocycles. The van der Waals surface area contributed by atoms with Crippen LogP contribution < -0.4 is 5.73 Å². The number of alkyl halides is 3. The largest absolute Gasteiger partial charge is 0.384 e. The Bertz CT molecular complexity index is 387. The minimum Gasteiger partial charge on any atom is -0.384 e. The Labute approximate surface area is 87.7 Å². The van der Waals surface area contributed by atoms with Crippen LogP contribution in [0.5, 0.6) is 0 Å². The van der Waals surface area contributed by atoms with E-state index < -0.39 is 6.43 Å². The highest BCUT2D eigenvalue weighted by Gasteiger charge is 2.17. The van der Waals surface area contributed by atoms with Crippen molar-refractivity contribution >= 4 is 21.7 Å². The van der Waals surface area contributed by atoms with Crippen molar-refractivity contribution in [2.45, 2.75) is 11.8 Å². The predicted molar refractivity (Wildman–Crippen MR) is 51.0 cm³/mol. The fourth-order valence-electron chi connectivity index (χ4n) is 1.04. The number of nitrogens with two attached hydrogens (primary N) is 1. The quantitative estimate of drug-likeness (QED) is 0.832. The van der Waals surface area contributed by atoms with Crippen molar-refractivity contribution in [3.8, 4) is 6.07 Å². The highest BCUT2D eigenvalue weighted by molar-refractivity contribution is 9.08. The minimum absolute atomic E-state index is 0.00579. The first-order valence-corrected chi connectivity index (χ1v) is 4.75. The third kappa shape index (κ3) is 1.99. The van der Waals surface area contributed by atoms with E-state index in [4.69, 9.17) is 11.0 Å². The lowest BCUT2D eigenvalue weighted by Gasteiger charge is -2.07. The van der Waals surface area contributed by atoms with Gasteiger partial charge in [-0.05, 0) is 6.07 Å². The Morgan fingerprint density at radius 3 is 2.71 bits per heavy atom. The molecule has 0 spiro atoms. The van der Waals surface area contributed by atoms with Crippen LogP contribution in [0.1, 0.15) is 23.2 Å². The first-order chi connectivity index (χ1) is 6.60. The highest BCUT2D eigenvalue weighted by Crippen LogP contribution is 2.26. The van der Waals surface area contributed by atoms with E-state index in [9.17, 15) is 8.78 Å². The van der Waals surface area contributed by atoms with Gasteiger partial charge in [0.2, 0.25) is 0 Å². The van der Waals surface area contributed by atoms with Gasteiger partial charge in [0, 0.05) is 10.9 Å². The number of halogens is 3. The number of nitriles is 1. The molecule has 14 heavy (non-hydrogen) atoms. The van der Waals surface area contributed by atoms with Crippen LogP contribution in [0.2, 0.25) is 0 Å². The molecule has 0 aliphatic carbocycles. The van der Waals surface area contributed by atoms with Gasteiger partial charge < -0.3 is 5.73 Å². The first-order valence-electron chi connectivity index (χ1n) is 3.63. The molecule has 2 N–H and O–H groups in total. The lowest BCUT2D eigenvalue weighted by molar-refractivity contribution is 0.151. The molecule has 1 aromatic heterocycles. The minimum atomic E-state index is -2.72. The molecule has 0 atom stereocenters. The van der Waals surface area contributed by atoms with Crippen molar-refractivity contribution in [2.75, 3.05) is 5.73 Å². The van der Waals surface area contributed by atoms with Gasteiger partial charge in [0.15, 0.2) is 0 Å². The van der Waals surface area contributed by atoms with Crippen LogP contribution in [0, 0.1) is 11.3 Å². The van der Waals surface area contributed by atoms with Crippen molar-refractivity contribution in [2.24, 2.45) is 0 Å². The van der Waals surface area contributed by atoms with Gasteiger partial charge in [-0.3, -0.25) is 0 Å². The van der Waals surface area contributed by atoms with Crippen molar-refractivity contribution in [3.05, 3.63) is 22.9 Å². The van der Waals surface area contributed by atoms with Gasteiger partial charge in [-0.2, -0.15) is 5.26 Å². The molecule has 1 rings (SSSR count). The maximum absolute atomic E-state index is 12.5. The maximum Gasteiger partial charge on any atom is 0.265 e. The maximum atomic E-state index is 12.5. The summed E-state index contributed by atoms with van der Waals surface area (Å²) in [7, 11) is 0. The summed E-state index contributed by atoms with van der Waals surface area (Å²) in [5, 5.41) is 8.91. The van der Waals surface area contributed by atoms with Gasteiger partial charge in [0.1, 0.15) is 11.9 Å². The monoisotopic (exact) mass is 261 g/mol. The second-order valence-electron chi connectivity index (χ2n) is 2.50. The van der Waals surface area contributed by atoms with E-state index in [0.29, 0.717) is 0 Å². The van der Waals surface area contributed by atoms with Crippen molar-refractivity contribution in [1.82, 2.24) is 4.98 Å². The molecule has 0 amide bonds. The summed E-state index contributed by atoms with van der Waals surface area (Å²) in [6.07, 6.45) is -2.72. The summed E-state index contributed by atoms with van der Waals surface area (Å²) in [6, 6.07) is 2.72. The lowest BCUT2D eigenvalue weighted by Crippen LogP contribution is -2.02. The van der Waals surface area contributed by atoms with Crippen LogP contribution in [0.4, 0.5) is 14.6 Å². The van der Waals surface area contributed by atoms with E-state index in [1.165, 1.54) is 0 Å². The number of nitrogen functional groups attached to an aromatic ring is 1. The van der Waals surface area contributed by atoms with Gasteiger partial charge in [0.05, 0.1) is 11.3 Å². The Morgan fingerprint density at radius 2 is 2.29 bits per heavy atom. The number of nitrogens with zero attached hydrogens (tertiary/aromatic N) is 2. The number of hydrogen-bond acceptors (Lipinski definition) is 3. The molecule has 0 radical (unpaired) electrons. The zero-order chi connectivity index (χ0) is 10.7. The van der Waals surface area contributed by atoms with Gasteiger partial charge in [-0.25, -0.2) is 13.8 Å². The van der Waals surface area contributed by atoms with Crippen LogP contribution in [-0.2, 0) is 5.33 Å². The van der Waals surface area contributed by atoms with Crippen LogP contribution in [0.3, 0.4) is 0 Å².